The number of carbonyl (C=O) groups excluding carboxylic acids is 1. The third-order valence-corrected chi connectivity index (χ3v) is 3.73. The molecule has 1 aliphatic rings. The van der Waals surface area contributed by atoms with Crippen molar-refractivity contribution in [1.29, 1.82) is 0 Å². The minimum Gasteiger partial charge on any atom is -0.469 e. The fourth-order valence-corrected chi connectivity index (χ4v) is 2.56. The normalized spacial score (nSPS) is 17.9. The molecule has 1 N–H and O–H groups in total. The maximum absolute atomic E-state index is 12.0. The van der Waals surface area contributed by atoms with Gasteiger partial charge in [-0.25, -0.2) is 0 Å². The van der Waals surface area contributed by atoms with Gasteiger partial charge in [-0.2, -0.15) is 0 Å². The lowest BCUT2D eigenvalue weighted by Gasteiger charge is -2.26. The SMILES string of the molecule is CCC(CNC(=O)c1ccoc1C)N1CCCC1. The largest absolute Gasteiger partial charge is 0.469 e. The van der Waals surface area contributed by atoms with Crippen molar-refractivity contribution in [1.82, 2.24) is 10.2 Å². The minimum atomic E-state index is -0.0288. The van der Waals surface area contributed by atoms with E-state index in [1.807, 2.05) is 6.92 Å². The first-order valence-corrected chi connectivity index (χ1v) is 6.78. The summed E-state index contributed by atoms with van der Waals surface area (Å²) >= 11 is 0. The number of carbonyl (C=O) groups is 1. The minimum absolute atomic E-state index is 0.0288. The van der Waals surface area contributed by atoms with E-state index in [0.717, 1.165) is 13.0 Å². The average molecular weight is 250 g/mol. The van der Waals surface area contributed by atoms with Crippen LogP contribution in [0.15, 0.2) is 16.7 Å². The third kappa shape index (κ3) is 2.93. The number of aryl methyl sites for hydroxylation is 1. The van der Waals surface area contributed by atoms with Crippen LogP contribution in [0.4, 0.5) is 0 Å². The van der Waals surface area contributed by atoms with E-state index in [-0.39, 0.29) is 5.91 Å². The van der Waals surface area contributed by atoms with Gasteiger partial charge < -0.3 is 9.73 Å². The van der Waals surface area contributed by atoms with Crippen molar-refractivity contribution < 1.29 is 9.21 Å². The van der Waals surface area contributed by atoms with Crippen LogP contribution < -0.4 is 5.32 Å². The summed E-state index contributed by atoms with van der Waals surface area (Å²) in [7, 11) is 0. The Labute approximate surface area is 108 Å². The monoisotopic (exact) mass is 250 g/mol. The van der Waals surface area contributed by atoms with Gasteiger partial charge in [-0.05, 0) is 45.3 Å². The Hall–Kier alpha value is -1.29. The average Bonchev–Trinajstić information content (AvgIpc) is 3.01. The van der Waals surface area contributed by atoms with Crippen molar-refractivity contribution in [2.24, 2.45) is 0 Å². The summed E-state index contributed by atoms with van der Waals surface area (Å²) in [4.78, 5) is 14.4. The Balaban J connectivity index is 1.86. The first-order chi connectivity index (χ1) is 8.72. The molecule has 1 aromatic rings. The molecule has 0 aromatic carbocycles. The van der Waals surface area contributed by atoms with E-state index in [1.165, 1.54) is 25.9 Å². The summed E-state index contributed by atoms with van der Waals surface area (Å²) in [5, 5.41) is 3.01. The van der Waals surface area contributed by atoms with Crippen LogP contribution in [-0.2, 0) is 0 Å². The maximum atomic E-state index is 12.0. The summed E-state index contributed by atoms with van der Waals surface area (Å²) in [6.45, 7) is 7.04. The number of hydrogen-bond acceptors (Lipinski definition) is 3. The van der Waals surface area contributed by atoms with Gasteiger partial charge in [0.15, 0.2) is 0 Å². The highest BCUT2D eigenvalue weighted by Crippen LogP contribution is 2.14. The molecule has 2 rings (SSSR count). The number of amides is 1. The van der Waals surface area contributed by atoms with Gasteiger partial charge in [0.25, 0.3) is 5.91 Å². The Bertz CT molecular complexity index is 394. The molecule has 0 spiro atoms. The van der Waals surface area contributed by atoms with Gasteiger partial charge in [0.05, 0.1) is 11.8 Å². The Morgan fingerprint density at radius 1 is 1.50 bits per heavy atom. The molecule has 0 bridgehead atoms. The number of hydrogen-bond donors (Lipinski definition) is 1. The highest BCUT2D eigenvalue weighted by atomic mass is 16.3. The molecule has 1 fully saturated rings. The predicted octanol–water partition coefficient (Wildman–Crippen LogP) is 2.19. The lowest BCUT2D eigenvalue weighted by atomic mass is 10.2. The van der Waals surface area contributed by atoms with Gasteiger partial charge in [-0.1, -0.05) is 6.92 Å². The first-order valence-electron chi connectivity index (χ1n) is 6.78. The summed E-state index contributed by atoms with van der Waals surface area (Å²) in [5.74, 6) is 0.653. The lowest BCUT2D eigenvalue weighted by molar-refractivity contribution is 0.0935. The highest BCUT2D eigenvalue weighted by Gasteiger charge is 2.21. The van der Waals surface area contributed by atoms with E-state index in [9.17, 15) is 4.79 Å². The lowest BCUT2D eigenvalue weighted by Crippen LogP contribution is -2.42. The molecule has 1 atom stereocenters. The number of rotatable bonds is 5. The molecule has 1 unspecified atom stereocenters. The Kier molecular flexibility index (Phi) is 4.42. The Morgan fingerprint density at radius 3 is 2.78 bits per heavy atom. The van der Waals surface area contributed by atoms with Gasteiger partial charge >= 0.3 is 0 Å². The van der Waals surface area contributed by atoms with Crippen LogP contribution in [0, 0.1) is 6.92 Å². The fourth-order valence-electron chi connectivity index (χ4n) is 2.56. The summed E-state index contributed by atoms with van der Waals surface area (Å²) in [5.41, 5.74) is 0.645. The van der Waals surface area contributed by atoms with E-state index in [2.05, 4.69) is 17.1 Å². The molecule has 0 radical (unpaired) electrons. The fraction of sp³-hybridized carbons (Fsp3) is 0.643. The van der Waals surface area contributed by atoms with Crippen molar-refractivity contribution in [3.8, 4) is 0 Å². The molecule has 2 heterocycles. The molecule has 1 saturated heterocycles. The zero-order valence-corrected chi connectivity index (χ0v) is 11.2. The number of nitrogens with one attached hydrogen (secondary N) is 1. The predicted molar refractivity (Wildman–Crippen MR) is 70.7 cm³/mol. The third-order valence-electron chi connectivity index (χ3n) is 3.73. The quantitative estimate of drug-likeness (QED) is 0.871. The van der Waals surface area contributed by atoms with Gasteiger partial charge in [0.2, 0.25) is 0 Å². The van der Waals surface area contributed by atoms with Crippen molar-refractivity contribution >= 4 is 5.91 Å². The maximum Gasteiger partial charge on any atom is 0.254 e. The molecule has 0 aliphatic carbocycles. The van der Waals surface area contributed by atoms with Crippen LogP contribution in [0.2, 0.25) is 0 Å². The van der Waals surface area contributed by atoms with E-state index >= 15 is 0 Å². The van der Waals surface area contributed by atoms with Crippen molar-refractivity contribution in [3.05, 3.63) is 23.7 Å². The Morgan fingerprint density at radius 2 is 2.22 bits per heavy atom. The van der Waals surface area contributed by atoms with E-state index < -0.39 is 0 Å². The van der Waals surface area contributed by atoms with Crippen LogP contribution in [-0.4, -0.2) is 36.5 Å². The summed E-state index contributed by atoms with van der Waals surface area (Å²) < 4.78 is 5.15. The highest BCUT2D eigenvalue weighted by molar-refractivity contribution is 5.95. The zero-order chi connectivity index (χ0) is 13.0. The second-order valence-corrected chi connectivity index (χ2v) is 4.91. The number of furan rings is 1. The summed E-state index contributed by atoms with van der Waals surface area (Å²) in [6.07, 6.45) is 5.20. The smallest absolute Gasteiger partial charge is 0.254 e. The van der Waals surface area contributed by atoms with Crippen molar-refractivity contribution in [3.63, 3.8) is 0 Å². The molecule has 1 aromatic heterocycles. The van der Waals surface area contributed by atoms with Crippen LogP contribution in [0.1, 0.15) is 42.3 Å². The molecular formula is C14H22N2O2. The van der Waals surface area contributed by atoms with Gasteiger partial charge in [0.1, 0.15) is 5.76 Å². The molecule has 4 heteroatoms. The molecule has 4 nitrogen and oxygen atoms in total. The number of nitrogens with zero attached hydrogens (tertiary/aromatic N) is 1. The topological polar surface area (TPSA) is 45.5 Å². The van der Waals surface area contributed by atoms with Crippen molar-refractivity contribution in [2.45, 2.75) is 39.2 Å². The van der Waals surface area contributed by atoms with Crippen molar-refractivity contribution in [2.75, 3.05) is 19.6 Å². The van der Waals surface area contributed by atoms with Crippen LogP contribution in [0.25, 0.3) is 0 Å². The second kappa shape index (κ2) is 6.05. The molecule has 100 valence electrons. The van der Waals surface area contributed by atoms with Gasteiger partial charge in [-0.15, -0.1) is 0 Å². The molecule has 18 heavy (non-hydrogen) atoms. The summed E-state index contributed by atoms with van der Waals surface area (Å²) in [6, 6.07) is 2.19. The zero-order valence-electron chi connectivity index (χ0n) is 11.2. The van der Waals surface area contributed by atoms with Crippen LogP contribution >= 0.6 is 0 Å². The molecule has 1 aliphatic heterocycles. The van der Waals surface area contributed by atoms with Crippen LogP contribution in [0.5, 0.6) is 0 Å². The van der Waals surface area contributed by atoms with Crippen LogP contribution in [0.3, 0.4) is 0 Å². The van der Waals surface area contributed by atoms with E-state index in [1.54, 1.807) is 12.3 Å². The van der Waals surface area contributed by atoms with Gasteiger partial charge in [-0.3, -0.25) is 9.69 Å². The van der Waals surface area contributed by atoms with Gasteiger partial charge in [0, 0.05) is 12.6 Å². The van der Waals surface area contributed by atoms with E-state index in [4.69, 9.17) is 4.42 Å². The second-order valence-electron chi connectivity index (χ2n) is 4.91. The molecule has 1 amide bonds. The molecular weight excluding hydrogens is 228 g/mol. The standard InChI is InChI=1S/C14H22N2O2/c1-3-12(16-7-4-5-8-16)10-15-14(17)13-6-9-18-11(13)2/h6,9,12H,3-5,7-8,10H2,1-2H3,(H,15,17). The first kappa shape index (κ1) is 13.1. The number of likely N-dealkylation sites (tertiary alicyclic amines) is 1. The van der Waals surface area contributed by atoms with E-state index in [0.29, 0.717) is 17.4 Å². The molecule has 0 saturated carbocycles.